The molecule has 0 amide bonds. The van der Waals surface area contributed by atoms with E-state index in [0.717, 1.165) is 12.6 Å². The van der Waals surface area contributed by atoms with E-state index in [-0.39, 0.29) is 0 Å². The van der Waals surface area contributed by atoms with Crippen molar-refractivity contribution < 1.29 is 0 Å². The molecule has 0 spiro atoms. The molecule has 0 aromatic rings. The van der Waals surface area contributed by atoms with Gasteiger partial charge in [0.2, 0.25) is 0 Å². The molecule has 1 atom stereocenters. The molecule has 0 saturated carbocycles. The summed E-state index contributed by atoms with van der Waals surface area (Å²) in [5.74, 6) is 0. The van der Waals surface area contributed by atoms with Crippen molar-refractivity contribution in [2.75, 3.05) is 26.7 Å². The number of likely N-dealkylation sites (N-methyl/N-ethyl adjacent to an activating group) is 2. The molecule has 0 bridgehead atoms. The molecule has 2 nitrogen and oxygen atoms in total. The van der Waals surface area contributed by atoms with Crippen molar-refractivity contribution in [3.63, 3.8) is 0 Å². The highest BCUT2D eigenvalue weighted by Crippen LogP contribution is 2.35. The molecule has 1 saturated heterocycles. The van der Waals surface area contributed by atoms with Crippen molar-refractivity contribution in [1.82, 2.24) is 9.80 Å². The summed E-state index contributed by atoms with van der Waals surface area (Å²) in [4.78, 5) is 5.28. The Kier molecular flexibility index (Phi) is 5.26. The van der Waals surface area contributed by atoms with Crippen LogP contribution in [-0.2, 0) is 0 Å². The molecule has 1 rings (SSSR count). The van der Waals surface area contributed by atoms with Gasteiger partial charge in [-0.15, -0.1) is 0 Å². The van der Waals surface area contributed by atoms with Gasteiger partial charge in [0.15, 0.2) is 0 Å². The average molecular weight is 226 g/mol. The third kappa shape index (κ3) is 2.28. The van der Waals surface area contributed by atoms with Crippen LogP contribution in [0.3, 0.4) is 0 Å². The third-order valence-electron chi connectivity index (χ3n) is 4.85. The van der Waals surface area contributed by atoms with Crippen LogP contribution >= 0.6 is 0 Å². The molecule has 0 aromatic carbocycles. The number of hydrogen-bond donors (Lipinski definition) is 0. The van der Waals surface area contributed by atoms with Crippen molar-refractivity contribution in [1.29, 1.82) is 0 Å². The fraction of sp³-hybridized carbons (Fsp3) is 1.00. The van der Waals surface area contributed by atoms with Gasteiger partial charge in [-0.25, -0.2) is 0 Å². The van der Waals surface area contributed by atoms with Gasteiger partial charge >= 0.3 is 0 Å². The summed E-state index contributed by atoms with van der Waals surface area (Å²) in [6.45, 7) is 13.0. The summed E-state index contributed by atoms with van der Waals surface area (Å²) in [5, 5.41) is 0. The highest BCUT2D eigenvalue weighted by molar-refractivity contribution is 5.01. The Morgan fingerprint density at radius 1 is 1.19 bits per heavy atom. The lowest BCUT2D eigenvalue weighted by molar-refractivity contribution is 0.0264. The van der Waals surface area contributed by atoms with Gasteiger partial charge in [-0.2, -0.15) is 0 Å². The monoisotopic (exact) mass is 226 g/mol. The molecule has 1 unspecified atom stereocenters. The lowest BCUT2D eigenvalue weighted by Crippen LogP contribution is -2.58. The number of likely N-dealkylation sites (tertiary alicyclic amines) is 1. The van der Waals surface area contributed by atoms with E-state index in [0.29, 0.717) is 5.54 Å². The molecule has 0 N–H and O–H groups in total. The molecule has 1 aliphatic rings. The lowest BCUT2D eigenvalue weighted by atomic mass is 9.81. The number of hydrogen-bond acceptors (Lipinski definition) is 2. The van der Waals surface area contributed by atoms with Crippen LogP contribution < -0.4 is 0 Å². The first kappa shape index (κ1) is 14.0. The first-order chi connectivity index (χ1) is 7.66. The van der Waals surface area contributed by atoms with Crippen LogP contribution in [0.1, 0.15) is 53.4 Å². The predicted molar refractivity (Wildman–Crippen MR) is 71.9 cm³/mol. The van der Waals surface area contributed by atoms with Crippen molar-refractivity contribution in [2.24, 2.45) is 0 Å². The summed E-state index contributed by atoms with van der Waals surface area (Å²) in [6.07, 6.45) is 5.32. The van der Waals surface area contributed by atoms with Crippen LogP contribution in [0.25, 0.3) is 0 Å². The Balaban J connectivity index is 2.90. The van der Waals surface area contributed by atoms with Crippen LogP contribution in [0, 0.1) is 0 Å². The second-order valence-electron chi connectivity index (χ2n) is 5.11. The van der Waals surface area contributed by atoms with E-state index in [4.69, 9.17) is 0 Å². The van der Waals surface area contributed by atoms with Crippen molar-refractivity contribution in [3.05, 3.63) is 0 Å². The maximum atomic E-state index is 2.69. The zero-order valence-electron chi connectivity index (χ0n) is 11.9. The van der Waals surface area contributed by atoms with Crippen molar-refractivity contribution >= 4 is 0 Å². The zero-order valence-corrected chi connectivity index (χ0v) is 11.9. The van der Waals surface area contributed by atoms with Crippen LogP contribution in [0.2, 0.25) is 0 Å². The topological polar surface area (TPSA) is 6.48 Å². The molecule has 1 heterocycles. The zero-order chi connectivity index (χ0) is 12.2. The maximum Gasteiger partial charge on any atom is 0.0356 e. The summed E-state index contributed by atoms with van der Waals surface area (Å²) < 4.78 is 0. The summed E-state index contributed by atoms with van der Waals surface area (Å²) in [5.41, 5.74) is 0.404. The van der Waals surface area contributed by atoms with E-state index in [1.807, 2.05) is 0 Å². The van der Waals surface area contributed by atoms with Crippen molar-refractivity contribution in [3.8, 4) is 0 Å². The minimum atomic E-state index is 0.404. The second kappa shape index (κ2) is 6.02. The third-order valence-corrected chi connectivity index (χ3v) is 4.85. The van der Waals surface area contributed by atoms with Crippen LogP contribution in [0.4, 0.5) is 0 Å². The fourth-order valence-electron chi connectivity index (χ4n) is 3.64. The molecular formula is C14H30N2. The summed E-state index contributed by atoms with van der Waals surface area (Å²) >= 11 is 0. The van der Waals surface area contributed by atoms with Crippen molar-refractivity contribution in [2.45, 2.75) is 65.0 Å². The average Bonchev–Trinajstić information content (AvgIpc) is 2.80. The Labute approximate surface area is 102 Å². The maximum absolute atomic E-state index is 2.69. The minimum absolute atomic E-state index is 0.404. The van der Waals surface area contributed by atoms with E-state index in [1.54, 1.807) is 0 Å². The Morgan fingerprint density at radius 2 is 1.81 bits per heavy atom. The summed E-state index contributed by atoms with van der Waals surface area (Å²) in [6, 6.07) is 0.775. The van der Waals surface area contributed by atoms with Crippen LogP contribution in [0.5, 0.6) is 0 Å². The normalized spacial score (nSPS) is 23.2. The highest BCUT2D eigenvalue weighted by atomic mass is 15.3. The molecule has 0 radical (unpaired) electrons. The van der Waals surface area contributed by atoms with E-state index >= 15 is 0 Å². The van der Waals surface area contributed by atoms with E-state index in [9.17, 15) is 0 Å². The second-order valence-corrected chi connectivity index (χ2v) is 5.11. The van der Waals surface area contributed by atoms with E-state index < -0.39 is 0 Å². The standard InChI is InChI=1S/C14H30N2/c1-6-14(7-2,15(5)8-3)13-11-10-12-16(13)9-4/h13H,6-12H2,1-5H3. The highest BCUT2D eigenvalue weighted by Gasteiger charge is 2.43. The molecule has 96 valence electrons. The van der Waals surface area contributed by atoms with Gasteiger partial charge in [0, 0.05) is 11.6 Å². The van der Waals surface area contributed by atoms with Gasteiger partial charge < -0.3 is 0 Å². The van der Waals surface area contributed by atoms with Gasteiger partial charge in [0.25, 0.3) is 0 Å². The molecule has 16 heavy (non-hydrogen) atoms. The molecule has 1 aliphatic heterocycles. The summed E-state index contributed by atoms with van der Waals surface area (Å²) in [7, 11) is 2.30. The lowest BCUT2D eigenvalue weighted by Gasteiger charge is -2.48. The first-order valence-electron chi connectivity index (χ1n) is 7.11. The quantitative estimate of drug-likeness (QED) is 0.687. The Morgan fingerprint density at radius 3 is 2.25 bits per heavy atom. The first-order valence-corrected chi connectivity index (χ1v) is 7.11. The predicted octanol–water partition coefficient (Wildman–Crippen LogP) is 2.98. The molecular weight excluding hydrogens is 196 g/mol. The molecule has 0 aromatic heterocycles. The van der Waals surface area contributed by atoms with Gasteiger partial charge in [-0.1, -0.05) is 27.7 Å². The number of rotatable bonds is 6. The molecule has 2 heteroatoms. The van der Waals surface area contributed by atoms with Gasteiger partial charge in [0.1, 0.15) is 0 Å². The SMILES string of the molecule is CCN1CCCC1C(CC)(CC)N(C)CC. The Bertz CT molecular complexity index is 199. The molecule has 0 aliphatic carbocycles. The van der Waals surface area contributed by atoms with E-state index in [2.05, 4.69) is 44.5 Å². The van der Waals surface area contributed by atoms with E-state index in [1.165, 1.54) is 38.8 Å². The molecule has 1 fully saturated rings. The van der Waals surface area contributed by atoms with Gasteiger partial charge in [-0.3, -0.25) is 9.80 Å². The van der Waals surface area contributed by atoms with Gasteiger partial charge in [-0.05, 0) is 52.4 Å². The largest absolute Gasteiger partial charge is 0.299 e. The van der Waals surface area contributed by atoms with Crippen LogP contribution in [-0.4, -0.2) is 48.1 Å². The smallest absolute Gasteiger partial charge is 0.0356 e. The number of nitrogens with zero attached hydrogens (tertiary/aromatic N) is 2. The van der Waals surface area contributed by atoms with Gasteiger partial charge in [0.05, 0.1) is 0 Å². The fourth-order valence-corrected chi connectivity index (χ4v) is 3.64. The minimum Gasteiger partial charge on any atom is -0.299 e. The Hall–Kier alpha value is -0.0800. The van der Waals surface area contributed by atoms with Crippen LogP contribution in [0.15, 0.2) is 0 Å².